The van der Waals surface area contributed by atoms with Gasteiger partial charge in [0.2, 0.25) is 5.89 Å². The average molecular weight is 304 g/mol. The van der Waals surface area contributed by atoms with E-state index in [1.807, 2.05) is 24.3 Å². The number of methoxy groups -OCH3 is 1. The van der Waals surface area contributed by atoms with Gasteiger partial charge in [0.1, 0.15) is 5.75 Å². The summed E-state index contributed by atoms with van der Waals surface area (Å²) in [6, 6.07) is 7.66. The lowest BCUT2D eigenvalue weighted by Gasteiger charge is -2.19. The van der Waals surface area contributed by atoms with Crippen LogP contribution >= 0.6 is 11.8 Å². The van der Waals surface area contributed by atoms with Gasteiger partial charge in [-0.3, -0.25) is 0 Å². The summed E-state index contributed by atoms with van der Waals surface area (Å²) < 4.78 is 10.9. The van der Waals surface area contributed by atoms with Crippen LogP contribution in [-0.4, -0.2) is 23.1 Å². The monoisotopic (exact) mass is 304 g/mol. The number of hydrogen-bond donors (Lipinski definition) is 0. The Kier molecular flexibility index (Phi) is 4.80. The minimum Gasteiger partial charge on any atom is -0.497 e. The Morgan fingerprint density at radius 1 is 1.14 bits per heavy atom. The van der Waals surface area contributed by atoms with Gasteiger partial charge in [0.25, 0.3) is 5.22 Å². The topological polar surface area (TPSA) is 48.2 Å². The molecule has 0 saturated heterocycles. The van der Waals surface area contributed by atoms with E-state index in [0.717, 1.165) is 23.0 Å². The highest BCUT2D eigenvalue weighted by Crippen LogP contribution is 2.30. The zero-order chi connectivity index (χ0) is 14.5. The molecular weight excluding hydrogens is 284 g/mol. The molecule has 2 aromatic rings. The Labute approximate surface area is 129 Å². The summed E-state index contributed by atoms with van der Waals surface area (Å²) in [6.07, 6.45) is 6.81. The van der Waals surface area contributed by atoms with Gasteiger partial charge in [-0.05, 0) is 43.0 Å². The summed E-state index contributed by atoms with van der Waals surface area (Å²) in [5, 5.41) is 8.93. The van der Waals surface area contributed by atoms with Gasteiger partial charge < -0.3 is 9.15 Å². The van der Waals surface area contributed by atoms with Crippen LogP contribution in [-0.2, 0) is 0 Å². The molecular formula is C16H20N2O2S. The summed E-state index contributed by atoms with van der Waals surface area (Å²) in [6.45, 7) is 0. The molecule has 1 aromatic heterocycles. The van der Waals surface area contributed by atoms with E-state index in [0.29, 0.717) is 11.1 Å². The second-order valence-electron chi connectivity index (χ2n) is 5.42. The van der Waals surface area contributed by atoms with Crippen molar-refractivity contribution in [1.29, 1.82) is 0 Å². The predicted octanol–water partition coefficient (Wildman–Crippen LogP) is 4.42. The molecule has 1 aromatic carbocycles. The van der Waals surface area contributed by atoms with Gasteiger partial charge in [-0.15, -0.1) is 10.2 Å². The predicted molar refractivity (Wildman–Crippen MR) is 83.6 cm³/mol. The van der Waals surface area contributed by atoms with Crippen molar-refractivity contribution in [2.45, 2.75) is 37.3 Å². The van der Waals surface area contributed by atoms with Crippen molar-refractivity contribution >= 4 is 11.8 Å². The van der Waals surface area contributed by atoms with Crippen molar-refractivity contribution in [1.82, 2.24) is 10.2 Å². The highest BCUT2D eigenvalue weighted by molar-refractivity contribution is 7.99. The van der Waals surface area contributed by atoms with E-state index >= 15 is 0 Å². The van der Waals surface area contributed by atoms with Crippen LogP contribution in [0.2, 0.25) is 0 Å². The Morgan fingerprint density at radius 3 is 2.62 bits per heavy atom. The lowest BCUT2D eigenvalue weighted by molar-refractivity contribution is 0.389. The fourth-order valence-electron chi connectivity index (χ4n) is 2.66. The number of nitrogens with zero attached hydrogens (tertiary/aromatic N) is 2. The van der Waals surface area contributed by atoms with Crippen LogP contribution in [0.4, 0.5) is 0 Å². The summed E-state index contributed by atoms with van der Waals surface area (Å²) in [5.41, 5.74) is 0.924. The molecule has 0 spiro atoms. The lowest BCUT2D eigenvalue weighted by atomic mass is 9.91. The second kappa shape index (κ2) is 6.98. The van der Waals surface area contributed by atoms with Gasteiger partial charge in [-0.2, -0.15) is 0 Å². The Balaban J connectivity index is 1.59. The maximum atomic E-state index is 5.73. The summed E-state index contributed by atoms with van der Waals surface area (Å²) >= 11 is 1.69. The number of aromatic nitrogens is 2. The van der Waals surface area contributed by atoms with E-state index in [4.69, 9.17) is 9.15 Å². The second-order valence-corrected chi connectivity index (χ2v) is 6.39. The van der Waals surface area contributed by atoms with Crippen LogP contribution in [0.1, 0.15) is 32.1 Å². The van der Waals surface area contributed by atoms with Gasteiger partial charge in [0.15, 0.2) is 0 Å². The van der Waals surface area contributed by atoms with Crippen molar-refractivity contribution < 1.29 is 9.15 Å². The average Bonchev–Trinajstić information content (AvgIpc) is 3.03. The van der Waals surface area contributed by atoms with Crippen LogP contribution in [0, 0.1) is 5.92 Å². The Bertz CT molecular complexity index is 562. The van der Waals surface area contributed by atoms with Crippen LogP contribution in [0.25, 0.3) is 11.5 Å². The molecule has 3 rings (SSSR count). The summed E-state index contributed by atoms with van der Waals surface area (Å²) in [4.78, 5) is 0. The van der Waals surface area contributed by atoms with Crippen LogP contribution < -0.4 is 4.74 Å². The zero-order valence-electron chi connectivity index (χ0n) is 12.2. The van der Waals surface area contributed by atoms with Crippen molar-refractivity contribution in [3.05, 3.63) is 24.3 Å². The van der Waals surface area contributed by atoms with Gasteiger partial charge in [-0.25, -0.2) is 0 Å². The van der Waals surface area contributed by atoms with E-state index < -0.39 is 0 Å². The van der Waals surface area contributed by atoms with Crippen LogP contribution in [0.5, 0.6) is 5.75 Å². The third-order valence-electron chi connectivity index (χ3n) is 3.91. The number of ether oxygens (including phenoxy) is 1. The molecule has 1 saturated carbocycles. The molecule has 1 aliphatic rings. The smallest absolute Gasteiger partial charge is 0.276 e. The SMILES string of the molecule is COc1ccc(-c2nnc(SCC3CCCCC3)o2)cc1. The molecule has 112 valence electrons. The first-order valence-electron chi connectivity index (χ1n) is 7.46. The summed E-state index contributed by atoms with van der Waals surface area (Å²) in [5.74, 6) is 3.29. The minimum absolute atomic E-state index is 0.573. The first-order chi connectivity index (χ1) is 10.3. The number of hydrogen-bond acceptors (Lipinski definition) is 5. The maximum Gasteiger partial charge on any atom is 0.276 e. The van der Waals surface area contributed by atoms with E-state index in [1.165, 1.54) is 32.1 Å². The largest absolute Gasteiger partial charge is 0.497 e. The molecule has 1 aliphatic carbocycles. The van der Waals surface area contributed by atoms with Crippen molar-refractivity contribution in [2.75, 3.05) is 12.9 Å². The molecule has 1 heterocycles. The zero-order valence-corrected chi connectivity index (χ0v) is 13.1. The van der Waals surface area contributed by atoms with Gasteiger partial charge >= 0.3 is 0 Å². The third-order valence-corrected chi connectivity index (χ3v) is 4.96. The molecule has 1 fully saturated rings. The maximum absolute atomic E-state index is 5.73. The summed E-state index contributed by atoms with van der Waals surface area (Å²) in [7, 11) is 1.65. The van der Waals surface area contributed by atoms with E-state index in [-0.39, 0.29) is 0 Å². The first kappa shape index (κ1) is 14.4. The van der Waals surface area contributed by atoms with Crippen LogP contribution in [0.3, 0.4) is 0 Å². The van der Waals surface area contributed by atoms with E-state index in [9.17, 15) is 0 Å². The first-order valence-corrected chi connectivity index (χ1v) is 8.44. The molecule has 0 aliphatic heterocycles. The normalized spacial score (nSPS) is 16.0. The highest BCUT2D eigenvalue weighted by Gasteiger charge is 2.16. The van der Waals surface area contributed by atoms with Gasteiger partial charge in [0, 0.05) is 11.3 Å². The standard InChI is InChI=1S/C16H20N2O2S/c1-19-14-9-7-13(8-10-14)15-17-18-16(20-15)21-11-12-5-3-2-4-6-12/h7-10,12H,2-6,11H2,1H3. The molecule has 0 N–H and O–H groups in total. The molecule has 0 unspecified atom stereocenters. The molecule has 21 heavy (non-hydrogen) atoms. The Morgan fingerprint density at radius 2 is 1.90 bits per heavy atom. The van der Waals surface area contributed by atoms with Crippen molar-refractivity contribution in [2.24, 2.45) is 5.92 Å². The third kappa shape index (κ3) is 3.79. The van der Waals surface area contributed by atoms with E-state index in [1.54, 1.807) is 18.9 Å². The molecule has 0 bridgehead atoms. The molecule has 4 nitrogen and oxygen atoms in total. The molecule has 0 radical (unpaired) electrons. The van der Waals surface area contributed by atoms with Crippen LogP contribution in [0.15, 0.2) is 33.9 Å². The van der Waals surface area contributed by atoms with Gasteiger partial charge in [0.05, 0.1) is 7.11 Å². The fraction of sp³-hybridized carbons (Fsp3) is 0.500. The van der Waals surface area contributed by atoms with Crippen molar-refractivity contribution in [3.8, 4) is 17.2 Å². The fourth-order valence-corrected chi connectivity index (χ4v) is 3.61. The van der Waals surface area contributed by atoms with Crippen molar-refractivity contribution in [3.63, 3.8) is 0 Å². The van der Waals surface area contributed by atoms with Gasteiger partial charge in [-0.1, -0.05) is 31.0 Å². The lowest BCUT2D eigenvalue weighted by Crippen LogP contribution is -2.08. The number of rotatable bonds is 5. The molecule has 0 amide bonds. The number of thioether (sulfide) groups is 1. The molecule has 5 heteroatoms. The number of benzene rings is 1. The minimum atomic E-state index is 0.573. The Hall–Kier alpha value is -1.49. The molecule has 0 atom stereocenters. The quantitative estimate of drug-likeness (QED) is 0.765. The van der Waals surface area contributed by atoms with E-state index in [2.05, 4.69) is 10.2 Å². The highest BCUT2D eigenvalue weighted by atomic mass is 32.2.